The molecule has 2 aromatic heterocycles. The standard InChI is InChI=1S/C30H33N9O4/c1-21(18-39-20-32-19-36-39)43-27-13-22(3-4-24(27)15-31)25-16-34-30(35-17-25)37-26-6-5-23(14-28(26)41-2)29(40)33-7-8-38-9-11-42-12-10-38/h3-6,13-14,16-17,19-21H,7-12,18H2,1-2H3,(H,33,40)(H,34,35,37). The minimum Gasteiger partial charge on any atom is -0.495 e. The van der Waals surface area contributed by atoms with Crippen LogP contribution in [0.5, 0.6) is 11.5 Å². The summed E-state index contributed by atoms with van der Waals surface area (Å²) >= 11 is 0. The predicted octanol–water partition coefficient (Wildman–Crippen LogP) is 2.89. The summed E-state index contributed by atoms with van der Waals surface area (Å²) in [5.74, 6) is 1.14. The summed E-state index contributed by atoms with van der Waals surface area (Å²) in [4.78, 5) is 27.8. The summed E-state index contributed by atoms with van der Waals surface area (Å²) < 4.78 is 18.6. The SMILES string of the molecule is COc1cc(C(=O)NCCN2CCOCC2)ccc1Nc1ncc(-c2ccc(C#N)c(OC(C)Cn3cncn3)c2)cn1. The van der Waals surface area contributed by atoms with Crippen LogP contribution in [0.2, 0.25) is 0 Å². The molecule has 4 aromatic rings. The number of amides is 1. The molecule has 0 saturated carbocycles. The number of nitriles is 1. The molecule has 1 aliphatic rings. The Morgan fingerprint density at radius 1 is 1.12 bits per heavy atom. The number of rotatable bonds is 12. The van der Waals surface area contributed by atoms with Crippen LogP contribution in [0.3, 0.4) is 0 Å². The molecule has 0 radical (unpaired) electrons. The second kappa shape index (κ2) is 14.2. The lowest BCUT2D eigenvalue weighted by molar-refractivity contribution is 0.0383. The molecule has 1 fully saturated rings. The predicted molar refractivity (Wildman–Crippen MR) is 158 cm³/mol. The molecule has 1 unspecified atom stereocenters. The molecule has 2 aromatic carbocycles. The number of hydrogen-bond acceptors (Lipinski definition) is 11. The van der Waals surface area contributed by atoms with Gasteiger partial charge in [0.15, 0.2) is 0 Å². The Bertz CT molecular complexity index is 1550. The van der Waals surface area contributed by atoms with Gasteiger partial charge < -0.3 is 24.8 Å². The van der Waals surface area contributed by atoms with E-state index in [0.717, 1.165) is 44.0 Å². The number of ether oxygens (including phenoxy) is 3. The van der Waals surface area contributed by atoms with E-state index < -0.39 is 0 Å². The van der Waals surface area contributed by atoms with Crippen LogP contribution < -0.4 is 20.1 Å². The van der Waals surface area contributed by atoms with Crippen LogP contribution in [0.1, 0.15) is 22.8 Å². The van der Waals surface area contributed by atoms with Gasteiger partial charge in [-0.2, -0.15) is 10.4 Å². The molecule has 5 rings (SSSR count). The normalized spacial score (nSPS) is 14.0. The maximum Gasteiger partial charge on any atom is 0.251 e. The molecule has 13 nitrogen and oxygen atoms in total. The maximum atomic E-state index is 12.7. The summed E-state index contributed by atoms with van der Waals surface area (Å²) in [6.07, 6.45) is 6.20. The van der Waals surface area contributed by atoms with Crippen molar-refractivity contribution >= 4 is 17.5 Å². The summed E-state index contributed by atoms with van der Waals surface area (Å²) in [6, 6.07) is 12.7. The lowest BCUT2D eigenvalue weighted by atomic mass is 10.1. The van der Waals surface area contributed by atoms with E-state index in [9.17, 15) is 10.1 Å². The Morgan fingerprint density at radius 2 is 1.93 bits per heavy atom. The summed E-state index contributed by atoms with van der Waals surface area (Å²) in [7, 11) is 1.54. The van der Waals surface area contributed by atoms with Crippen LogP contribution in [0, 0.1) is 11.3 Å². The van der Waals surface area contributed by atoms with E-state index in [2.05, 4.69) is 41.7 Å². The second-order valence-electron chi connectivity index (χ2n) is 9.91. The van der Waals surface area contributed by atoms with E-state index in [0.29, 0.717) is 47.4 Å². The van der Waals surface area contributed by atoms with Gasteiger partial charge in [0.25, 0.3) is 5.91 Å². The monoisotopic (exact) mass is 583 g/mol. The Balaban J connectivity index is 1.21. The molecular weight excluding hydrogens is 550 g/mol. The van der Waals surface area contributed by atoms with E-state index in [-0.39, 0.29) is 12.0 Å². The van der Waals surface area contributed by atoms with Crippen LogP contribution in [-0.2, 0) is 11.3 Å². The highest BCUT2D eigenvalue weighted by Gasteiger charge is 2.15. The highest BCUT2D eigenvalue weighted by atomic mass is 16.5. The van der Waals surface area contributed by atoms with Crippen molar-refractivity contribution in [2.45, 2.75) is 19.6 Å². The van der Waals surface area contributed by atoms with Crippen molar-refractivity contribution in [3.05, 3.63) is 72.6 Å². The molecule has 1 atom stereocenters. The first-order valence-electron chi connectivity index (χ1n) is 13.9. The van der Waals surface area contributed by atoms with E-state index in [1.165, 1.54) is 6.33 Å². The lowest BCUT2D eigenvalue weighted by Crippen LogP contribution is -2.41. The van der Waals surface area contributed by atoms with Crippen molar-refractivity contribution < 1.29 is 19.0 Å². The number of aromatic nitrogens is 5. The summed E-state index contributed by atoms with van der Waals surface area (Å²) in [5, 5.41) is 19.8. The number of benzene rings is 2. The van der Waals surface area contributed by atoms with Gasteiger partial charge in [0.2, 0.25) is 5.95 Å². The number of morpholine rings is 1. The van der Waals surface area contributed by atoms with Gasteiger partial charge in [0.1, 0.15) is 36.3 Å². The third kappa shape index (κ3) is 7.82. The van der Waals surface area contributed by atoms with E-state index in [1.807, 2.05) is 13.0 Å². The minimum absolute atomic E-state index is 0.169. The zero-order valence-electron chi connectivity index (χ0n) is 24.1. The van der Waals surface area contributed by atoms with Crippen molar-refractivity contribution in [1.29, 1.82) is 5.26 Å². The van der Waals surface area contributed by atoms with E-state index in [1.54, 1.807) is 60.8 Å². The largest absolute Gasteiger partial charge is 0.495 e. The quantitative estimate of drug-likeness (QED) is 0.253. The van der Waals surface area contributed by atoms with Crippen molar-refractivity contribution in [2.24, 2.45) is 0 Å². The number of carbonyl (C=O) groups is 1. The second-order valence-corrected chi connectivity index (χ2v) is 9.91. The van der Waals surface area contributed by atoms with E-state index in [4.69, 9.17) is 14.2 Å². The van der Waals surface area contributed by atoms with Gasteiger partial charge >= 0.3 is 0 Å². The number of carbonyl (C=O) groups excluding carboxylic acids is 1. The van der Waals surface area contributed by atoms with Gasteiger partial charge in [-0.15, -0.1) is 0 Å². The highest BCUT2D eigenvalue weighted by molar-refractivity contribution is 5.95. The number of anilines is 2. The van der Waals surface area contributed by atoms with Crippen LogP contribution in [0.15, 0.2) is 61.4 Å². The molecule has 1 aliphatic heterocycles. The fraction of sp³-hybridized carbons (Fsp3) is 0.333. The third-order valence-electron chi connectivity index (χ3n) is 6.85. The van der Waals surface area contributed by atoms with Crippen molar-refractivity contribution in [1.82, 2.24) is 34.9 Å². The van der Waals surface area contributed by atoms with E-state index >= 15 is 0 Å². The van der Waals surface area contributed by atoms with Crippen LogP contribution in [-0.4, -0.2) is 88.1 Å². The molecule has 2 N–H and O–H groups in total. The van der Waals surface area contributed by atoms with Crippen molar-refractivity contribution in [3.8, 4) is 28.7 Å². The van der Waals surface area contributed by atoms with Gasteiger partial charge in [-0.05, 0) is 42.8 Å². The Kier molecular flexibility index (Phi) is 9.73. The first-order valence-corrected chi connectivity index (χ1v) is 13.9. The molecule has 3 heterocycles. The number of hydrogen-bond donors (Lipinski definition) is 2. The maximum absolute atomic E-state index is 12.7. The summed E-state index contributed by atoms with van der Waals surface area (Å²) in [6.45, 7) is 6.92. The summed E-state index contributed by atoms with van der Waals surface area (Å²) in [5.41, 5.74) is 3.09. The van der Waals surface area contributed by atoms with Gasteiger partial charge in [-0.25, -0.2) is 19.6 Å². The Labute approximate surface area is 249 Å². The molecule has 0 spiro atoms. The van der Waals surface area contributed by atoms with Crippen LogP contribution >= 0.6 is 0 Å². The number of nitrogens with one attached hydrogen (secondary N) is 2. The van der Waals surface area contributed by atoms with Gasteiger partial charge in [0.05, 0.1) is 38.1 Å². The molecule has 1 amide bonds. The Morgan fingerprint density at radius 3 is 2.65 bits per heavy atom. The molecule has 0 aliphatic carbocycles. The first-order chi connectivity index (χ1) is 21.0. The average molecular weight is 584 g/mol. The molecule has 13 heteroatoms. The van der Waals surface area contributed by atoms with Crippen LogP contribution in [0.4, 0.5) is 11.6 Å². The molecular formula is C30H33N9O4. The Hall–Kier alpha value is -5.06. The topological polar surface area (TPSA) is 152 Å². The third-order valence-corrected chi connectivity index (χ3v) is 6.85. The lowest BCUT2D eigenvalue weighted by Gasteiger charge is -2.26. The first kappa shape index (κ1) is 29.4. The fourth-order valence-corrected chi connectivity index (χ4v) is 4.59. The van der Waals surface area contributed by atoms with Gasteiger partial charge in [-0.3, -0.25) is 9.69 Å². The van der Waals surface area contributed by atoms with Crippen LogP contribution in [0.25, 0.3) is 11.1 Å². The van der Waals surface area contributed by atoms with Crippen molar-refractivity contribution in [3.63, 3.8) is 0 Å². The molecule has 1 saturated heterocycles. The molecule has 222 valence electrons. The number of nitrogens with zero attached hydrogens (tertiary/aromatic N) is 7. The minimum atomic E-state index is -0.241. The smallest absolute Gasteiger partial charge is 0.251 e. The average Bonchev–Trinajstić information content (AvgIpc) is 3.55. The zero-order chi connectivity index (χ0) is 30.0. The number of methoxy groups -OCH3 is 1. The van der Waals surface area contributed by atoms with Crippen molar-refractivity contribution in [2.75, 3.05) is 51.8 Å². The molecule has 0 bridgehead atoms. The van der Waals surface area contributed by atoms with Gasteiger partial charge in [0, 0.05) is 49.7 Å². The van der Waals surface area contributed by atoms with Gasteiger partial charge in [-0.1, -0.05) is 6.07 Å². The highest BCUT2D eigenvalue weighted by Crippen LogP contribution is 2.30. The zero-order valence-corrected chi connectivity index (χ0v) is 24.1. The molecule has 43 heavy (non-hydrogen) atoms. The fourth-order valence-electron chi connectivity index (χ4n) is 4.59.